The van der Waals surface area contributed by atoms with Crippen LogP contribution in [0.5, 0.6) is 5.75 Å². The molecule has 0 fully saturated rings. The third-order valence-corrected chi connectivity index (χ3v) is 6.12. The molecule has 0 unspecified atom stereocenters. The molecule has 0 spiro atoms. The van der Waals surface area contributed by atoms with E-state index in [0.717, 1.165) is 52.8 Å². The molecule has 24 heavy (non-hydrogen) atoms. The average Bonchev–Trinajstić information content (AvgIpc) is 2.56. The molecule has 2 radical (unpaired) electrons. The van der Waals surface area contributed by atoms with Crippen LogP contribution in [0.15, 0.2) is 30.3 Å². The van der Waals surface area contributed by atoms with Crippen LogP contribution < -0.4 is 5.19 Å². The molecule has 2 heteroatoms. The van der Waals surface area contributed by atoms with Gasteiger partial charge in [0.1, 0.15) is 5.75 Å². The first-order chi connectivity index (χ1) is 11.6. The fourth-order valence-electron chi connectivity index (χ4n) is 3.18. The second kappa shape index (κ2) is 9.07. The molecular weight excluding hydrogens is 308 g/mol. The Balaban J connectivity index is 2.09. The van der Waals surface area contributed by atoms with Gasteiger partial charge in [0.15, 0.2) is 0 Å². The Morgan fingerprint density at radius 2 is 1.54 bits per heavy atom. The molecule has 2 aromatic carbocycles. The minimum absolute atomic E-state index is 0.541. The van der Waals surface area contributed by atoms with E-state index in [4.69, 9.17) is 0 Å². The van der Waals surface area contributed by atoms with E-state index in [2.05, 4.69) is 58.0 Å². The van der Waals surface area contributed by atoms with Gasteiger partial charge in [0.2, 0.25) is 0 Å². The van der Waals surface area contributed by atoms with Crippen molar-refractivity contribution < 1.29 is 5.11 Å². The summed E-state index contributed by atoms with van der Waals surface area (Å²) in [5.41, 5.74) is 6.49. The van der Waals surface area contributed by atoms with Gasteiger partial charge in [0.05, 0.1) is 9.52 Å². The summed E-state index contributed by atoms with van der Waals surface area (Å²) in [6.07, 6.45) is 5.19. The summed E-state index contributed by atoms with van der Waals surface area (Å²) in [5.74, 6) is 0.541. The van der Waals surface area contributed by atoms with Crippen molar-refractivity contribution in [3.05, 3.63) is 58.1 Å². The molecule has 0 saturated carbocycles. The lowest BCUT2D eigenvalue weighted by atomic mass is 9.97. The predicted molar refractivity (Wildman–Crippen MR) is 106 cm³/mol. The van der Waals surface area contributed by atoms with Crippen molar-refractivity contribution in [2.45, 2.75) is 65.8 Å². The Morgan fingerprint density at radius 3 is 2.12 bits per heavy atom. The third-order valence-electron chi connectivity index (χ3n) is 4.70. The minimum atomic E-state index is 0.541. The highest BCUT2D eigenvalue weighted by molar-refractivity contribution is 6.54. The van der Waals surface area contributed by atoms with Crippen LogP contribution in [0.2, 0.25) is 6.04 Å². The first-order valence-electron chi connectivity index (χ1n) is 9.20. The zero-order valence-electron chi connectivity index (χ0n) is 15.6. The van der Waals surface area contributed by atoms with Crippen LogP contribution in [0.3, 0.4) is 0 Å². The van der Waals surface area contributed by atoms with Crippen molar-refractivity contribution in [3.63, 3.8) is 0 Å². The van der Waals surface area contributed by atoms with E-state index in [0.29, 0.717) is 5.75 Å². The van der Waals surface area contributed by atoms with Crippen molar-refractivity contribution in [2.24, 2.45) is 0 Å². The molecule has 0 atom stereocenters. The standard InChI is InChI=1S/C22H30OSi/c1-5-8-19-14-18(15-20(9-6-2)22(19)23)12-13-24-21-11-7-10-16(3)17(21)4/h7,10-11,14-15,23H,5-6,8-9,12-13H2,1-4H3. The maximum Gasteiger partial charge on any atom is 0.121 e. The van der Waals surface area contributed by atoms with E-state index in [1.807, 2.05) is 0 Å². The predicted octanol–water partition coefficient (Wildman–Crippen LogP) is 4.90. The topological polar surface area (TPSA) is 20.2 Å². The highest BCUT2D eigenvalue weighted by atomic mass is 28.2. The van der Waals surface area contributed by atoms with Gasteiger partial charge in [0, 0.05) is 0 Å². The van der Waals surface area contributed by atoms with Gasteiger partial charge in [0.25, 0.3) is 0 Å². The van der Waals surface area contributed by atoms with Gasteiger partial charge < -0.3 is 5.11 Å². The second-order valence-corrected chi connectivity index (χ2v) is 8.08. The van der Waals surface area contributed by atoms with E-state index in [-0.39, 0.29) is 0 Å². The molecule has 0 heterocycles. The first kappa shape index (κ1) is 18.8. The molecular formula is C22H30OSi. The molecule has 0 bridgehead atoms. The van der Waals surface area contributed by atoms with E-state index >= 15 is 0 Å². The Morgan fingerprint density at radius 1 is 0.917 bits per heavy atom. The maximum atomic E-state index is 10.4. The fourth-order valence-corrected chi connectivity index (χ4v) is 4.54. The maximum absolute atomic E-state index is 10.4. The van der Waals surface area contributed by atoms with Crippen molar-refractivity contribution in [1.29, 1.82) is 0 Å². The first-order valence-corrected chi connectivity index (χ1v) is 10.4. The Kier molecular flexibility index (Phi) is 7.10. The fraction of sp³-hybridized carbons (Fsp3) is 0.455. The highest BCUT2D eigenvalue weighted by Crippen LogP contribution is 2.27. The van der Waals surface area contributed by atoms with E-state index in [1.54, 1.807) is 0 Å². The number of rotatable bonds is 8. The molecule has 1 nitrogen and oxygen atoms in total. The van der Waals surface area contributed by atoms with Crippen molar-refractivity contribution in [2.75, 3.05) is 0 Å². The van der Waals surface area contributed by atoms with E-state index < -0.39 is 0 Å². The van der Waals surface area contributed by atoms with Crippen molar-refractivity contribution >= 4 is 14.7 Å². The minimum Gasteiger partial charge on any atom is -0.507 e. The second-order valence-electron chi connectivity index (χ2n) is 6.69. The zero-order chi connectivity index (χ0) is 17.5. The van der Waals surface area contributed by atoms with Gasteiger partial charge >= 0.3 is 0 Å². The van der Waals surface area contributed by atoms with E-state index in [1.165, 1.54) is 27.9 Å². The summed E-state index contributed by atoms with van der Waals surface area (Å²) in [7, 11) is 0.855. The van der Waals surface area contributed by atoms with Gasteiger partial charge in [-0.1, -0.05) is 68.3 Å². The molecule has 0 aliphatic rings. The van der Waals surface area contributed by atoms with Crippen LogP contribution in [-0.4, -0.2) is 14.6 Å². The Hall–Kier alpha value is -1.54. The third kappa shape index (κ3) is 4.73. The van der Waals surface area contributed by atoms with Crippen LogP contribution in [0, 0.1) is 13.8 Å². The number of aromatic hydroxyl groups is 1. The number of phenols is 1. The van der Waals surface area contributed by atoms with Crippen LogP contribution in [0.1, 0.15) is 54.5 Å². The van der Waals surface area contributed by atoms with Gasteiger partial charge in [-0.3, -0.25) is 0 Å². The van der Waals surface area contributed by atoms with Gasteiger partial charge in [-0.2, -0.15) is 0 Å². The highest BCUT2D eigenvalue weighted by Gasteiger charge is 2.10. The van der Waals surface area contributed by atoms with Crippen LogP contribution in [-0.2, 0) is 19.3 Å². The summed E-state index contributed by atoms with van der Waals surface area (Å²) in [6, 6.07) is 12.3. The normalized spacial score (nSPS) is 11.0. The largest absolute Gasteiger partial charge is 0.507 e. The van der Waals surface area contributed by atoms with Crippen LogP contribution in [0.25, 0.3) is 0 Å². The van der Waals surface area contributed by atoms with E-state index in [9.17, 15) is 5.11 Å². The lowest BCUT2D eigenvalue weighted by Crippen LogP contribution is -2.18. The zero-order valence-corrected chi connectivity index (χ0v) is 16.6. The molecule has 2 rings (SSSR count). The van der Waals surface area contributed by atoms with Crippen LogP contribution in [0.4, 0.5) is 0 Å². The summed E-state index contributed by atoms with van der Waals surface area (Å²) >= 11 is 0. The monoisotopic (exact) mass is 338 g/mol. The van der Waals surface area contributed by atoms with Crippen molar-refractivity contribution in [3.8, 4) is 5.75 Å². The summed E-state index contributed by atoms with van der Waals surface area (Å²) < 4.78 is 0. The summed E-state index contributed by atoms with van der Waals surface area (Å²) in [4.78, 5) is 0. The van der Waals surface area contributed by atoms with Crippen molar-refractivity contribution in [1.82, 2.24) is 0 Å². The van der Waals surface area contributed by atoms with Crippen LogP contribution >= 0.6 is 0 Å². The Labute approximate surface area is 150 Å². The summed E-state index contributed by atoms with van der Waals surface area (Å²) in [6.45, 7) is 8.77. The van der Waals surface area contributed by atoms with Gasteiger partial charge in [-0.15, -0.1) is 0 Å². The number of hydrogen-bond donors (Lipinski definition) is 1. The lowest BCUT2D eigenvalue weighted by molar-refractivity contribution is 0.459. The quantitative estimate of drug-likeness (QED) is 0.678. The smallest absolute Gasteiger partial charge is 0.121 e. The molecule has 0 aliphatic heterocycles. The number of phenolic OH excluding ortho intramolecular Hbond substituents is 1. The molecule has 128 valence electrons. The summed E-state index contributed by atoms with van der Waals surface area (Å²) in [5, 5.41) is 11.9. The molecule has 1 N–H and O–H groups in total. The van der Waals surface area contributed by atoms with Gasteiger partial charge in [-0.05, 0) is 60.9 Å². The number of aryl methyl sites for hydroxylation is 4. The number of benzene rings is 2. The SMILES string of the molecule is CCCc1cc(CC[Si]c2cccc(C)c2C)cc(CCC)c1O. The molecule has 0 saturated heterocycles. The Bertz CT molecular complexity index is 649. The average molecular weight is 339 g/mol. The van der Waals surface area contributed by atoms with Gasteiger partial charge in [-0.25, -0.2) is 0 Å². The molecule has 2 aromatic rings. The number of hydrogen-bond acceptors (Lipinski definition) is 1. The molecule has 0 aliphatic carbocycles. The molecule has 0 aromatic heterocycles. The lowest BCUT2D eigenvalue weighted by Gasteiger charge is -2.13. The molecule has 0 amide bonds.